The molecule has 3 aromatic carbocycles. The SMILES string of the molecule is NS(=O)(=O)c1cc(C(=O)O)cc(NCc2ccccc2)c1Nc1ccc(Cl)cc1. The number of benzene rings is 3. The zero-order chi connectivity index (χ0) is 21.0. The van der Waals surface area contributed by atoms with Gasteiger partial charge in [-0.15, -0.1) is 0 Å². The van der Waals surface area contributed by atoms with Crippen LogP contribution in [-0.2, 0) is 16.6 Å². The van der Waals surface area contributed by atoms with Gasteiger partial charge in [0.15, 0.2) is 0 Å². The molecule has 5 N–H and O–H groups in total. The molecule has 0 bridgehead atoms. The van der Waals surface area contributed by atoms with Crippen molar-refractivity contribution in [1.82, 2.24) is 0 Å². The predicted octanol–water partition coefficient (Wildman–Crippen LogP) is 4.04. The van der Waals surface area contributed by atoms with Crippen LogP contribution in [0.3, 0.4) is 0 Å². The van der Waals surface area contributed by atoms with Gasteiger partial charge in [0.2, 0.25) is 10.0 Å². The second kappa shape index (κ2) is 8.52. The molecule has 0 saturated carbocycles. The van der Waals surface area contributed by atoms with Crippen LogP contribution >= 0.6 is 11.6 Å². The highest BCUT2D eigenvalue weighted by Gasteiger charge is 2.22. The summed E-state index contributed by atoms with van der Waals surface area (Å²) in [5.74, 6) is -1.27. The fourth-order valence-corrected chi connectivity index (χ4v) is 3.57. The lowest BCUT2D eigenvalue weighted by Crippen LogP contribution is -2.17. The second-order valence-electron chi connectivity index (χ2n) is 6.22. The number of aromatic carboxylic acids is 1. The zero-order valence-corrected chi connectivity index (χ0v) is 16.7. The fourth-order valence-electron chi connectivity index (χ4n) is 2.70. The van der Waals surface area contributed by atoms with Gasteiger partial charge in [0.05, 0.1) is 16.9 Å². The molecule has 0 spiro atoms. The third-order valence-electron chi connectivity index (χ3n) is 4.09. The Morgan fingerprint density at radius 1 is 1.03 bits per heavy atom. The molecule has 150 valence electrons. The first-order valence-electron chi connectivity index (χ1n) is 8.48. The molecule has 0 atom stereocenters. The van der Waals surface area contributed by atoms with Crippen molar-refractivity contribution >= 4 is 44.7 Å². The number of halogens is 1. The molecule has 29 heavy (non-hydrogen) atoms. The average molecular weight is 432 g/mol. The molecular formula is C20H18ClN3O4S. The number of nitrogens with two attached hydrogens (primary N) is 1. The smallest absolute Gasteiger partial charge is 0.335 e. The van der Waals surface area contributed by atoms with E-state index >= 15 is 0 Å². The molecule has 0 aromatic heterocycles. The zero-order valence-electron chi connectivity index (χ0n) is 15.1. The molecule has 0 aliphatic carbocycles. The monoisotopic (exact) mass is 431 g/mol. The maximum atomic E-state index is 12.2. The summed E-state index contributed by atoms with van der Waals surface area (Å²) in [6.45, 7) is 0.350. The van der Waals surface area contributed by atoms with Crippen molar-refractivity contribution in [3.63, 3.8) is 0 Å². The third-order valence-corrected chi connectivity index (χ3v) is 5.28. The minimum absolute atomic E-state index is 0.149. The Hall–Kier alpha value is -3.07. The Kier molecular flexibility index (Phi) is 6.07. The lowest BCUT2D eigenvalue weighted by Gasteiger charge is -2.18. The molecule has 3 rings (SSSR count). The van der Waals surface area contributed by atoms with E-state index in [1.807, 2.05) is 30.3 Å². The molecule has 0 amide bonds. The van der Waals surface area contributed by atoms with E-state index < -0.39 is 16.0 Å². The Morgan fingerprint density at radius 2 is 1.69 bits per heavy atom. The predicted molar refractivity (Wildman–Crippen MR) is 113 cm³/mol. The first-order chi connectivity index (χ1) is 13.7. The molecule has 0 saturated heterocycles. The molecular weight excluding hydrogens is 414 g/mol. The normalized spacial score (nSPS) is 11.1. The molecule has 9 heteroatoms. The Morgan fingerprint density at radius 3 is 2.28 bits per heavy atom. The van der Waals surface area contributed by atoms with Crippen LogP contribution < -0.4 is 15.8 Å². The molecule has 0 aliphatic heterocycles. The first-order valence-corrected chi connectivity index (χ1v) is 10.4. The van der Waals surface area contributed by atoms with E-state index in [1.165, 1.54) is 6.07 Å². The van der Waals surface area contributed by atoms with Crippen LogP contribution in [0.4, 0.5) is 17.1 Å². The summed E-state index contributed by atoms with van der Waals surface area (Å²) in [6.07, 6.45) is 0. The molecule has 0 fully saturated rings. The third kappa shape index (κ3) is 5.26. The summed E-state index contributed by atoms with van der Waals surface area (Å²) in [5.41, 5.74) is 1.72. The molecule has 3 aromatic rings. The second-order valence-corrected chi connectivity index (χ2v) is 8.18. The maximum Gasteiger partial charge on any atom is 0.335 e. The van der Waals surface area contributed by atoms with Gasteiger partial charge in [0, 0.05) is 17.3 Å². The van der Waals surface area contributed by atoms with E-state index in [9.17, 15) is 18.3 Å². The molecule has 0 radical (unpaired) electrons. The lowest BCUT2D eigenvalue weighted by atomic mass is 10.1. The lowest BCUT2D eigenvalue weighted by molar-refractivity contribution is 0.0696. The summed E-state index contributed by atoms with van der Waals surface area (Å²) in [7, 11) is -4.22. The van der Waals surface area contributed by atoms with Crippen LogP contribution in [0.25, 0.3) is 0 Å². The van der Waals surface area contributed by atoms with Gasteiger partial charge in [-0.1, -0.05) is 41.9 Å². The largest absolute Gasteiger partial charge is 0.478 e. The maximum absolute atomic E-state index is 12.2. The van der Waals surface area contributed by atoms with Crippen molar-refractivity contribution in [2.45, 2.75) is 11.4 Å². The summed E-state index contributed by atoms with van der Waals surface area (Å²) in [5, 5.41) is 21.4. The van der Waals surface area contributed by atoms with E-state index in [-0.39, 0.29) is 21.8 Å². The Balaban J connectivity index is 2.09. The molecule has 7 nitrogen and oxygen atoms in total. The van der Waals surface area contributed by atoms with Gasteiger partial charge in [-0.2, -0.15) is 0 Å². The van der Waals surface area contributed by atoms with E-state index in [4.69, 9.17) is 16.7 Å². The van der Waals surface area contributed by atoms with Crippen LogP contribution in [0.2, 0.25) is 5.02 Å². The van der Waals surface area contributed by atoms with Crippen LogP contribution in [0.5, 0.6) is 0 Å². The van der Waals surface area contributed by atoms with Gasteiger partial charge in [0.1, 0.15) is 4.90 Å². The van der Waals surface area contributed by atoms with E-state index in [1.54, 1.807) is 24.3 Å². The van der Waals surface area contributed by atoms with Crippen LogP contribution in [0, 0.1) is 0 Å². The fraction of sp³-hybridized carbons (Fsp3) is 0.0500. The van der Waals surface area contributed by atoms with Crippen LogP contribution in [-0.4, -0.2) is 19.5 Å². The van der Waals surface area contributed by atoms with Crippen molar-refractivity contribution in [1.29, 1.82) is 0 Å². The van der Waals surface area contributed by atoms with E-state index in [2.05, 4.69) is 10.6 Å². The quantitative estimate of drug-likeness (QED) is 0.448. The standard InChI is InChI=1S/C20H18ClN3O4S/c21-15-6-8-16(9-7-15)24-19-17(23-12-13-4-2-1-3-5-13)10-14(20(25)26)11-18(19)29(22,27)28/h1-11,23-24H,12H2,(H,25,26)(H2,22,27,28). The average Bonchev–Trinajstić information content (AvgIpc) is 2.68. The number of hydrogen-bond donors (Lipinski definition) is 4. The number of carbonyl (C=O) groups is 1. The first kappa shape index (κ1) is 20.7. The van der Waals surface area contributed by atoms with Crippen molar-refractivity contribution in [3.8, 4) is 0 Å². The number of rotatable bonds is 7. The summed E-state index contributed by atoms with van der Waals surface area (Å²) < 4.78 is 24.4. The summed E-state index contributed by atoms with van der Waals surface area (Å²) >= 11 is 5.90. The summed E-state index contributed by atoms with van der Waals surface area (Å²) in [4.78, 5) is 11.2. The Labute approximate surface area is 173 Å². The van der Waals surface area contributed by atoms with Gasteiger partial charge < -0.3 is 15.7 Å². The van der Waals surface area contributed by atoms with Gasteiger partial charge in [0.25, 0.3) is 0 Å². The number of anilines is 3. The van der Waals surface area contributed by atoms with Crippen molar-refractivity contribution in [2.75, 3.05) is 10.6 Å². The van der Waals surface area contributed by atoms with Crippen molar-refractivity contribution in [2.24, 2.45) is 5.14 Å². The minimum Gasteiger partial charge on any atom is -0.478 e. The number of hydrogen-bond acceptors (Lipinski definition) is 5. The van der Waals surface area contributed by atoms with Gasteiger partial charge >= 0.3 is 5.97 Å². The van der Waals surface area contributed by atoms with Crippen LogP contribution in [0.1, 0.15) is 15.9 Å². The van der Waals surface area contributed by atoms with Gasteiger partial charge in [-0.25, -0.2) is 18.4 Å². The highest BCUT2D eigenvalue weighted by atomic mass is 35.5. The number of sulfonamides is 1. The number of carboxylic acids is 1. The van der Waals surface area contributed by atoms with E-state index in [0.717, 1.165) is 11.6 Å². The number of carboxylic acid groups (broad SMARTS) is 1. The van der Waals surface area contributed by atoms with Crippen LogP contribution in [0.15, 0.2) is 71.6 Å². The summed E-state index contributed by atoms with van der Waals surface area (Å²) in [6, 6.07) is 18.4. The molecule has 0 heterocycles. The Bertz CT molecular complexity index is 1130. The number of primary sulfonamides is 1. The minimum atomic E-state index is -4.22. The van der Waals surface area contributed by atoms with Gasteiger partial charge in [-0.3, -0.25) is 0 Å². The topological polar surface area (TPSA) is 122 Å². The highest BCUT2D eigenvalue weighted by Crippen LogP contribution is 2.34. The molecule has 0 aliphatic rings. The molecule has 0 unspecified atom stereocenters. The van der Waals surface area contributed by atoms with Gasteiger partial charge in [-0.05, 0) is 42.0 Å². The van der Waals surface area contributed by atoms with E-state index in [0.29, 0.717) is 17.3 Å². The highest BCUT2D eigenvalue weighted by molar-refractivity contribution is 7.89. The van der Waals surface area contributed by atoms with Crippen molar-refractivity contribution in [3.05, 3.63) is 82.9 Å². The number of nitrogens with one attached hydrogen (secondary N) is 2. The van der Waals surface area contributed by atoms with Crippen molar-refractivity contribution < 1.29 is 18.3 Å².